The normalized spacial score (nSPS) is 21.2. The van der Waals surface area contributed by atoms with Crippen LogP contribution in [0.1, 0.15) is 31.7 Å². The zero-order valence-electron chi connectivity index (χ0n) is 12.1. The minimum atomic E-state index is 0.183. The molecule has 0 bridgehead atoms. The molecule has 2 heterocycles. The summed E-state index contributed by atoms with van der Waals surface area (Å²) in [5.74, 6) is 1.74. The first kappa shape index (κ1) is 13.7. The largest absolute Gasteiger partial charge is 0.490 e. The minimum absolute atomic E-state index is 0.183. The van der Waals surface area contributed by atoms with Gasteiger partial charge in [-0.05, 0) is 37.5 Å². The molecule has 1 N–H and O–H groups in total. The average molecular weight is 277 g/mol. The molecule has 2 aliphatic heterocycles. The third-order valence-corrected chi connectivity index (χ3v) is 4.13. The van der Waals surface area contributed by atoms with E-state index < -0.39 is 0 Å². The molecule has 0 atom stereocenters. The lowest BCUT2D eigenvalue weighted by Crippen LogP contribution is -2.46. The van der Waals surface area contributed by atoms with Crippen molar-refractivity contribution in [2.75, 3.05) is 26.4 Å². The summed E-state index contributed by atoms with van der Waals surface area (Å²) < 4.78 is 16.8. The van der Waals surface area contributed by atoms with Crippen molar-refractivity contribution in [1.29, 1.82) is 0 Å². The van der Waals surface area contributed by atoms with Gasteiger partial charge in [-0.15, -0.1) is 0 Å². The molecule has 110 valence electrons. The van der Waals surface area contributed by atoms with Gasteiger partial charge in [0.2, 0.25) is 0 Å². The Morgan fingerprint density at radius 3 is 2.60 bits per heavy atom. The maximum Gasteiger partial charge on any atom is 0.161 e. The van der Waals surface area contributed by atoms with E-state index in [1.54, 1.807) is 0 Å². The standard InChI is InChI=1S/C16H23NO3/c1-16(5-9-18-10-6-16)17-12-13-3-4-14-15(11-13)20-8-2-7-19-14/h3-4,11,17H,2,5-10,12H2,1H3. The van der Waals surface area contributed by atoms with Gasteiger partial charge in [-0.1, -0.05) is 6.07 Å². The average Bonchev–Trinajstić information content (AvgIpc) is 2.71. The number of hydrogen-bond donors (Lipinski definition) is 1. The van der Waals surface area contributed by atoms with E-state index in [2.05, 4.69) is 24.4 Å². The molecule has 0 aliphatic carbocycles. The highest BCUT2D eigenvalue weighted by molar-refractivity contribution is 5.43. The Balaban J connectivity index is 1.64. The number of nitrogens with one attached hydrogen (secondary N) is 1. The second-order valence-corrected chi connectivity index (χ2v) is 5.86. The molecular formula is C16H23NO3. The Hall–Kier alpha value is -1.26. The van der Waals surface area contributed by atoms with E-state index in [9.17, 15) is 0 Å². The summed E-state index contributed by atoms with van der Waals surface area (Å²) >= 11 is 0. The zero-order chi connectivity index (χ0) is 13.8. The van der Waals surface area contributed by atoms with Gasteiger partial charge in [0.05, 0.1) is 13.2 Å². The van der Waals surface area contributed by atoms with Crippen LogP contribution < -0.4 is 14.8 Å². The minimum Gasteiger partial charge on any atom is -0.490 e. The first-order chi connectivity index (χ1) is 9.75. The zero-order valence-corrected chi connectivity index (χ0v) is 12.1. The van der Waals surface area contributed by atoms with E-state index in [4.69, 9.17) is 14.2 Å². The monoisotopic (exact) mass is 277 g/mol. The molecule has 1 fully saturated rings. The molecule has 0 radical (unpaired) electrons. The fourth-order valence-electron chi connectivity index (χ4n) is 2.63. The highest BCUT2D eigenvalue weighted by Crippen LogP contribution is 2.30. The van der Waals surface area contributed by atoms with Crippen molar-refractivity contribution in [1.82, 2.24) is 5.32 Å². The maximum absolute atomic E-state index is 5.73. The van der Waals surface area contributed by atoms with Crippen LogP contribution in [0.15, 0.2) is 18.2 Å². The van der Waals surface area contributed by atoms with E-state index in [1.165, 1.54) is 5.56 Å². The van der Waals surface area contributed by atoms with Gasteiger partial charge >= 0.3 is 0 Å². The predicted molar refractivity (Wildman–Crippen MR) is 77.3 cm³/mol. The summed E-state index contributed by atoms with van der Waals surface area (Å²) in [6.07, 6.45) is 3.08. The Morgan fingerprint density at radius 1 is 1.05 bits per heavy atom. The summed E-state index contributed by atoms with van der Waals surface area (Å²) in [5.41, 5.74) is 1.42. The maximum atomic E-state index is 5.73. The Labute approximate surface area is 120 Å². The Morgan fingerprint density at radius 2 is 1.80 bits per heavy atom. The van der Waals surface area contributed by atoms with Crippen LogP contribution in [0, 0.1) is 0 Å². The Bertz CT molecular complexity index is 455. The van der Waals surface area contributed by atoms with Crippen molar-refractivity contribution >= 4 is 0 Å². The van der Waals surface area contributed by atoms with E-state index in [0.717, 1.165) is 63.7 Å². The quantitative estimate of drug-likeness (QED) is 0.921. The fraction of sp³-hybridized carbons (Fsp3) is 0.625. The number of hydrogen-bond acceptors (Lipinski definition) is 4. The topological polar surface area (TPSA) is 39.7 Å². The first-order valence-electron chi connectivity index (χ1n) is 7.47. The van der Waals surface area contributed by atoms with Gasteiger partial charge in [-0.2, -0.15) is 0 Å². The summed E-state index contributed by atoms with van der Waals surface area (Å²) in [7, 11) is 0. The summed E-state index contributed by atoms with van der Waals surface area (Å²) in [5, 5.41) is 3.66. The van der Waals surface area contributed by atoms with Crippen LogP contribution >= 0.6 is 0 Å². The predicted octanol–water partition coefficient (Wildman–Crippen LogP) is 2.51. The van der Waals surface area contributed by atoms with E-state index in [-0.39, 0.29) is 5.54 Å². The molecule has 0 amide bonds. The van der Waals surface area contributed by atoms with Gasteiger partial charge in [0.25, 0.3) is 0 Å². The lowest BCUT2D eigenvalue weighted by Gasteiger charge is -2.34. The molecule has 0 spiro atoms. The smallest absolute Gasteiger partial charge is 0.161 e. The van der Waals surface area contributed by atoms with Gasteiger partial charge in [0, 0.05) is 31.7 Å². The summed E-state index contributed by atoms with van der Waals surface area (Å²) in [6, 6.07) is 6.23. The Kier molecular flexibility index (Phi) is 4.13. The van der Waals surface area contributed by atoms with Gasteiger partial charge in [0.1, 0.15) is 0 Å². The molecule has 1 saturated heterocycles. The van der Waals surface area contributed by atoms with Crippen molar-refractivity contribution in [3.05, 3.63) is 23.8 Å². The van der Waals surface area contributed by atoms with Crippen LogP contribution in [0.3, 0.4) is 0 Å². The van der Waals surface area contributed by atoms with E-state index in [1.807, 2.05) is 6.07 Å². The molecule has 0 saturated carbocycles. The molecule has 0 aromatic heterocycles. The van der Waals surface area contributed by atoms with Gasteiger partial charge in [-0.25, -0.2) is 0 Å². The number of ether oxygens (including phenoxy) is 3. The SMILES string of the molecule is CC1(NCc2ccc3c(c2)OCCCO3)CCOCC1. The second-order valence-electron chi connectivity index (χ2n) is 5.86. The summed E-state index contributed by atoms with van der Waals surface area (Å²) in [4.78, 5) is 0. The molecule has 4 heteroatoms. The third kappa shape index (κ3) is 3.25. The van der Waals surface area contributed by atoms with Crippen molar-refractivity contribution in [3.63, 3.8) is 0 Å². The van der Waals surface area contributed by atoms with E-state index >= 15 is 0 Å². The molecule has 2 aliphatic rings. The van der Waals surface area contributed by atoms with Gasteiger partial charge in [0.15, 0.2) is 11.5 Å². The first-order valence-corrected chi connectivity index (χ1v) is 7.47. The highest BCUT2D eigenvalue weighted by Gasteiger charge is 2.26. The summed E-state index contributed by atoms with van der Waals surface area (Å²) in [6.45, 7) is 6.31. The highest BCUT2D eigenvalue weighted by atomic mass is 16.5. The molecular weight excluding hydrogens is 254 g/mol. The van der Waals surface area contributed by atoms with Gasteiger partial charge < -0.3 is 19.5 Å². The molecule has 1 aromatic rings. The van der Waals surface area contributed by atoms with Crippen LogP contribution in [-0.2, 0) is 11.3 Å². The lowest BCUT2D eigenvalue weighted by molar-refractivity contribution is 0.0446. The molecule has 20 heavy (non-hydrogen) atoms. The molecule has 0 unspecified atom stereocenters. The van der Waals surface area contributed by atoms with Gasteiger partial charge in [-0.3, -0.25) is 0 Å². The van der Waals surface area contributed by atoms with Crippen molar-refractivity contribution in [2.24, 2.45) is 0 Å². The van der Waals surface area contributed by atoms with Crippen molar-refractivity contribution in [2.45, 2.75) is 38.3 Å². The number of fused-ring (bicyclic) bond motifs is 1. The molecule has 1 aromatic carbocycles. The molecule has 4 nitrogen and oxygen atoms in total. The second kappa shape index (κ2) is 6.02. The van der Waals surface area contributed by atoms with Crippen molar-refractivity contribution < 1.29 is 14.2 Å². The fourth-order valence-corrected chi connectivity index (χ4v) is 2.63. The number of benzene rings is 1. The number of rotatable bonds is 3. The van der Waals surface area contributed by atoms with Crippen LogP contribution in [0.2, 0.25) is 0 Å². The van der Waals surface area contributed by atoms with Crippen molar-refractivity contribution in [3.8, 4) is 11.5 Å². The van der Waals surface area contributed by atoms with E-state index in [0.29, 0.717) is 0 Å². The molecule has 3 rings (SSSR count). The van der Waals surface area contributed by atoms with Crippen LogP contribution in [0.4, 0.5) is 0 Å². The lowest BCUT2D eigenvalue weighted by atomic mass is 9.92. The van der Waals surface area contributed by atoms with Crippen LogP contribution in [0.25, 0.3) is 0 Å². The van der Waals surface area contributed by atoms with Crippen LogP contribution in [0.5, 0.6) is 11.5 Å². The third-order valence-electron chi connectivity index (χ3n) is 4.13. The van der Waals surface area contributed by atoms with Crippen LogP contribution in [-0.4, -0.2) is 32.0 Å².